The van der Waals surface area contributed by atoms with Crippen LogP contribution in [0.2, 0.25) is 0 Å². The number of rotatable bonds is 5. The standard InChI is InChI=1S/C14H18N2O2S2/c1-8(13-9(2)20-10(3)16-13)15-14(17)12-6-5-11(18-12)7-19-4/h5-6,8H,7H2,1-4H3,(H,15,17). The number of carbonyl (C=O) groups is 1. The number of aromatic nitrogens is 1. The van der Waals surface area contributed by atoms with Gasteiger partial charge >= 0.3 is 0 Å². The molecular formula is C14H18N2O2S2. The molecule has 0 bridgehead atoms. The molecule has 20 heavy (non-hydrogen) atoms. The molecule has 1 amide bonds. The molecule has 1 atom stereocenters. The third-order valence-corrected chi connectivity index (χ3v) is 4.34. The van der Waals surface area contributed by atoms with Crippen molar-refractivity contribution < 1.29 is 9.21 Å². The van der Waals surface area contributed by atoms with Crippen molar-refractivity contribution >= 4 is 29.0 Å². The second kappa shape index (κ2) is 6.45. The third-order valence-electron chi connectivity index (χ3n) is 2.87. The van der Waals surface area contributed by atoms with Crippen LogP contribution in [0.4, 0.5) is 0 Å². The summed E-state index contributed by atoms with van der Waals surface area (Å²) in [5.74, 6) is 1.74. The number of aryl methyl sites for hydroxylation is 2. The van der Waals surface area contributed by atoms with E-state index in [4.69, 9.17) is 4.42 Å². The van der Waals surface area contributed by atoms with Crippen LogP contribution >= 0.6 is 23.1 Å². The predicted octanol–water partition coefficient (Wildman–Crippen LogP) is 3.71. The summed E-state index contributed by atoms with van der Waals surface area (Å²) in [7, 11) is 0. The lowest BCUT2D eigenvalue weighted by atomic mass is 10.2. The van der Waals surface area contributed by atoms with E-state index in [1.807, 2.05) is 33.1 Å². The van der Waals surface area contributed by atoms with E-state index >= 15 is 0 Å². The minimum atomic E-state index is -0.199. The van der Waals surface area contributed by atoms with Crippen molar-refractivity contribution in [2.45, 2.75) is 32.6 Å². The van der Waals surface area contributed by atoms with Gasteiger partial charge in [-0.1, -0.05) is 0 Å². The fourth-order valence-corrected chi connectivity index (χ4v) is 3.36. The predicted molar refractivity (Wildman–Crippen MR) is 83.4 cm³/mol. The first kappa shape index (κ1) is 15.1. The van der Waals surface area contributed by atoms with Gasteiger partial charge in [0.15, 0.2) is 5.76 Å². The first-order valence-corrected chi connectivity index (χ1v) is 8.54. The number of hydrogen-bond donors (Lipinski definition) is 1. The fourth-order valence-electron chi connectivity index (χ4n) is 2.00. The van der Waals surface area contributed by atoms with Crippen LogP contribution in [0.1, 0.15) is 44.9 Å². The van der Waals surface area contributed by atoms with Crippen LogP contribution in [-0.2, 0) is 5.75 Å². The number of hydrogen-bond acceptors (Lipinski definition) is 5. The summed E-state index contributed by atoms with van der Waals surface area (Å²) in [5, 5.41) is 3.94. The Morgan fingerprint density at radius 2 is 2.25 bits per heavy atom. The Kier molecular flexibility index (Phi) is 4.88. The smallest absolute Gasteiger partial charge is 0.287 e. The Hall–Kier alpha value is -1.27. The number of furan rings is 1. The highest BCUT2D eigenvalue weighted by molar-refractivity contribution is 7.97. The zero-order valence-corrected chi connectivity index (χ0v) is 13.7. The molecule has 1 unspecified atom stereocenters. The van der Waals surface area contributed by atoms with Gasteiger partial charge in [0.1, 0.15) is 5.76 Å². The molecular weight excluding hydrogens is 292 g/mol. The molecule has 0 aliphatic carbocycles. The number of amides is 1. The van der Waals surface area contributed by atoms with Gasteiger partial charge in [0.25, 0.3) is 5.91 Å². The SMILES string of the molecule is CSCc1ccc(C(=O)NC(C)c2nc(C)sc2C)o1. The Labute approximate surface area is 127 Å². The van der Waals surface area contributed by atoms with Crippen LogP contribution in [0.25, 0.3) is 0 Å². The zero-order valence-electron chi connectivity index (χ0n) is 12.0. The largest absolute Gasteiger partial charge is 0.455 e. The van der Waals surface area contributed by atoms with Gasteiger partial charge < -0.3 is 9.73 Å². The molecule has 0 spiro atoms. The zero-order chi connectivity index (χ0) is 14.7. The van der Waals surface area contributed by atoms with Crippen molar-refractivity contribution in [1.29, 1.82) is 0 Å². The van der Waals surface area contributed by atoms with E-state index < -0.39 is 0 Å². The Balaban J connectivity index is 2.05. The number of nitrogens with one attached hydrogen (secondary N) is 1. The maximum Gasteiger partial charge on any atom is 0.287 e. The topological polar surface area (TPSA) is 55.1 Å². The molecule has 2 aromatic rings. The minimum Gasteiger partial charge on any atom is -0.455 e. The van der Waals surface area contributed by atoms with Gasteiger partial charge in [-0.2, -0.15) is 11.8 Å². The molecule has 6 heteroatoms. The Morgan fingerprint density at radius 3 is 2.85 bits per heavy atom. The van der Waals surface area contributed by atoms with Crippen molar-refractivity contribution in [3.8, 4) is 0 Å². The molecule has 4 nitrogen and oxygen atoms in total. The first-order valence-electron chi connectivity index (χ1n) is 6.33. The lowest BCUT2D eigenvalue weighted by Gasteiger charge is -2.11. The summed E-state index contributed by atoms with van der Waals surface area (Å²) in [6.45, 7) is 5.92. The van der Waals surface area contributed by atoms with Gasteiger partial charge in [-0.05, 0) is 39.2 Å². The molecule has 0 aliphatic heterocycles. The number of thioether (sulfide) groups is 1. The molecule has 1 N–H and O–H groups in total. The van der Waals surface area contributed by atoms with Gasteiger partial charge in [0.05, 0.1) is 22.5 Å². The molecule has 0 saturated heterocycles. The second-order valence-electron chi connectivity index (χ2n) is 4.57. The monoisotopic (exact) mass is 310 g/mol. The molecule has 0 saturated carbocycles. The highest BCUT2D eigenvalue weighted by Gasteiger charge is 2.18. The molecule has 0 aromatic carbocycles. The number of carbonyl (C=O) groups excluding carboxylic acids is 1. The van der Waals surface area contributed by atoms with Crippen molar-refractivity contribution in [2.75, 3.05) is 6.26 Å². The van der Waals surface area contributed by atoms with Crippen molar-refractivity contribution in [3.63, 3.8) is 0 Å². The normalized spacial score (nSPS) is 12.4. The molecule has 2 rings (SSSR count). The van der Waals surface area contributed by atoms with Crippen LogP contribution in [0, 0.1) is 13.8 Å². The van der Waals surface area contributed by atoms with Crippen molar-refractivity contribution in [2.24, 2.45) is 0 Å². The summed E-state index contributed by atoms with van der Waals surface area (Å²) < 4.78 is 5.51. The van der Waals surface area contributed by atoms with Crippen LogP contribution < -0.4 is 5.32 Å². The van der Waals surface area contributed by atoms with Crippen LogP contribution in [0.3, 0.4) is 0 Å². The molecule has 108 valence electrons. The average molecular weight is 310 g/mol. The first-order chi connectivity index (χ1) is 9.51. The van der Waals surface area contributed by atoms with Crippen LogP contribution in [0.5, 0.6) is 0 Å². The average Bonchev–Trinajstić information content (AvgIpc) is 2.96. The fraction of sp³-hybridized carbons (Fsp3) is 0.429. The van der Waals surface area contributed by atoms with Gasteiger partial charge in [-0.15, -0.1) is 11.3 Å². The van der Waals surface area contributed by atoms with Crippen LogP contribution in [-0.4, -0.2) is 17.1 Å². The Morgan fingerprint density at radius 1 is 1.50 bits per heavy atom. The van der Waals surface area contributed by atoms with Gasteiger partial charge in [-0.3, -0.25) is 4.79 Å². The van der Waals surface area contributed by atoms with E-state index in [1.54, 1.807) is 29.2 Å². The van der Waals surface area contributed by atoms with E-state index in [2.05, 4.69) is 10.3 Å². The van der Waals surface area contributed by atoms with Crippen LogP contribution in [0.15, 0.2) is 16.5 Å². The van der Waals surface area contributed by atoms with E-state index in [0.29, 0.717) is 5.76 Å². The second-order valence-corrected chi connectivity index (χ2v) is 6.84. The molecule has 0 fully saturated rings. The summed E-state index contributed by atoms with van der Waals surface area (Å²) in [6, 6.07) is 3.43. The van der Waals surface area contributed by atoms with E-state index in [9.17, 15) is 4.79 Å². The molecule has 2 heterocycles. The quantitative estimate of drug-likeness (QED) is 0.914. The maximum absolute atomic E-state index is 12.1. The summed E-state index contributed by atoms with van der Waals surface area (Å²) in [4.78, 5) is 17.7. The molecule has 2 aromatic heterocycles. The lowest BCUT2D eigenvalue weighted by molar-refractivity contribution is 0.0909. The van der Waals surface area contributed by atoms with Gasteiger partial charge in [0, 0.05) is 4.88 Å². The van der Waals surface area contributed by atoms with Gasteiger partial charge in [-0.25, -0.2) is 4.98 Å². The summed E-state index contributed by atoms with van der Waals surface area (Å²) in [5.41, 5.74) is 0.928. The van der Waals surface area contributed by atoms with Gasteiger partial charge in [0.2, 0.25) is 0 Å². The highest BCUT2D eigenvalue weighted by Crippen LogP contribution is 2.23. The van der Waals surface area contributed by atoms with E-state index in [0.717, 1.165) is 27.1 Å². The van der Waals surface area contributed by atoms with Crippen molar-refractivity contribution in [3.05, 3.63) is 39.2 Å². The summed E-state index contributed by atoms with van der Waals surface area (Å²) in [6.07, 6.45) is 2.00. The third kappa shape index (κ3) is 3.43. The maximum atomic E-state index is 12.1. The van der Waals surface area contributed by atoms with Crippen molar-refractivity contribution in [1.82, 2.24) is 10.3 Å². The lowest BCUT2D eigenvalue weighted by Crippen LogP contribution is -2.26. The van der Waals surface area contributed by atoms with E-state index in [-0.39, 0.29) is 11.9 Å². The Bertz CT molecular complexity index is 604. The number of nitrogens with zero attached hydrogens (tertiary/aromatic N) is 1. The molecule has 0 radical (unpaired) electrons. The van der Waals surface area contributed by atoms with E-state index in [1.165, 1.54) is 0 Å². The molecule has 0 aliphatic rings. The highest BCUT2D eigenvalue weighted by atomic mass is 32.2. The minimum absolute atomic E-state index is 0.124. The number of thiazole rings is 1. The summed E-state index contributed by atoms with van der Waals surface area (Å²) >= 11 is 3.30.